The lowest BCUT2D eigenvalue weighted by molar-refractivity contribution is -0.128. The number of likely N-dealkylation sites (tertiary alicyclic amines) is 1. The lowest BCUT2D eigenvalue weighted by Crippen LogP contribution is -2.50. The van der Waals surface area contributed by atoms with Gasteiger partial charge in [-0.25, -0.2) is 0 Å². The Morgan fingerprint density at radius 1 is 1.13 bits per heavy atom. The van der Waals surface area contributed by atoms with E-state index in [0.29, 0.717) is 17.9 Å². The fourth-order valence-corrected chi connectivity index (χ4v) is 4.70. The summed E-state index contributed by atoms with van der Waals surface area (Å²) in [5.41, 5.74) is 6.28. The first kappa shape index (κ1) is 21.0. The van der Waals surface area contributed by atoms with Gasteiger partial charge in [0.1, 0.15) is 0 Å². The van der Waals surface area contributed by atoms with Gasteiger partial charge in [0.15, 0.2) is 0 Å². The smallest absolute Gasteiger partial charge is 0.225 e. The van der Waals surface area contributed by atoms with Crippen LogP contribution in [0.3, 0.4) is 0 Å². The van der Waals surface area contributed by atoms with Gasteiger partial charge >= 0.3 is 0 Å². The van der Waals surface area contributed by atoms with Crippen molar-refractivity contribution in [3.05, 3.63) is 0 Å². The minimum absolute atomic E-state index is 0. The second kappa shape index (κ2) is 9.45. The lowest BCUT2D eigenvalue weighted by Gasteiger charge is -2.34. The molecule has 0 aromatic carbocycles. The van der Waals surface area contributed by atoms with Crippen LogP contribution < -0.4 is 11.1 Å². The van der Waals surface area contributed by atoms with E-state index in [1.165, 1.54) is 38.6 Å². The Hall–Kier alpha value is -0.0300. The SMILES string of the molecule is CCCCN1CCC(NC(=O)C2C3CCC(C3)C2N)CC1.Cl.Cl. The number of hydrogen-bond donors (Lipinski definition) is 2. The minimum atomic E-state index is 0. The van der Waals surface area contributed by atoms with Crippen molar-refractivity contribution < 1.29 is 4.79 Å². The Morgan fingerprint density at radius 2 is 1.78 bits per heavy atom. The van der Waals surface area contributed by atoms with Crippen molar-refractivity contribution in [3.63, 3.8) is 0 Å². The standard InChI is InChI=1S/C17H31N3O.2ClH/c1-2-3-8-20-9-6-14(7-10-20)19-17(21)15-12-4-5-13(11-12)16(15)18;;/h12-16H,2-11,18H2,1H3,(H,19,21);2*1H. The number of nitrogens with two attached hydrogens (primary N) is 1. The summed E-state index contributed by atoms with van der Waals surface area (Å²) in [5.74, 6) is 1.53. The third-order valence-corrected chi connectivity index (χ3v) is 6.05. The monoisotopic (exact) mass is 365 g/mol. The number of hydrogen-bond acceptors (Lipinski definition) is 3. The van der Waals surface area contributed by atoms with Crippen LogP contribution >= 0.6 is 24.8 Å². The number of halogens is 2. The molecule has 0 aromatic rings. The van der Waals surface area contributed by atoms with Crippen molar-refractivity contribution in [2.24, 2.45) is 23.5 Å². The summed E-state index contributed by atoms with van der Waals surface area (Å²) >= 11 is 0. The fourth-order valence-electron chi connectivity index (χ4n) is 4.70. The van der Waals surface area contributed by atoms with Gasteiger partial charge in [-0.2, -0.15) is 0 Å². The molecule has 2 saturated carbocycles. The molecular formula is C17H33Cl2N3O. The molecule has 0 aromatic heterocycles. The molecule has 2 bridgehead atoms. The number of fused-ring (bicyclic) bond motifs is 2. The number of unbranched alkanes of at least 4 members (excludes halogenated alkanes) is 1. The van der Waals surface area contributed by atoms with Gasteiger partial charge in [0.2, 0.25) is 5.91 Å². The number of nitrogens with one attached hydrogen (secondary N) is 1. The first-order valence-corrected chi connectivity index (χ1v) is 8.97. The predicted molar refractivity (Wildman–Crippen MR) is 99.3 cm³/mol. The van der Waals surface area contributed by atoms with E-state index in [9.17, 15) is 4.79 Å². The highest BCUT2D eigenvalue weighted by Gasteiger charge is 2.49. The van der Waals surface area contributed by atoms with Gasteiger partial charge < -0.3 is 16.0 Å². The molecule has 1 saturated heterocycles. The number of nitrogens with zero attached hydrogens (tertiary/aromatic N) is 1. The van der Waals surface area contributed by atoms with Crippen LogP contribution in [0.5, 0.6) is 0 Å². The van der Waals surface area contributed by atoms with Crippen LogP contribution in [0.15, 0.2) is 0 Å². The van der Waals surface area contributed by atoms with Crippen molar-refractivity contribution >= 4 is 30.7 Å². The van der Waals surface area contributed by atoms with Crippen molar-refractivity contribution in [3.8, 4) is 0 Å². The van der Waals surface area contributed by atoms with Gasteiger partial charge in [-0.1, -0.05) is 13.3 Å². The molecule has 3 rings (SSSR count). The van der Waals surface area contributed by atoms with Crippen molar-refractivity contribution in [1.82, 2.24) is 10.2 Å². The summed E-state index contributed by atoms with van der Waals surface area (Å²) in [4.78, 5) is 15.1. The van der Waals surface area contributed by atoms with Gasteiger partial charge in [0.25, 0.3) is 0 Å². The largest absolute Gasteiger partial charge is 0.353 e. The van der Waals surface area contributed by atoms with Gasteiger partial charge in [-0.15, -0.1) is 24.8 Å². The van der Waals surface area contributed by atoms with Crippen LogP contribution in [0.2, 0.25) is 0 Å². The van der Waals surface area contributed by atoms with Gasteiger partial charge in [0, 0.05) is 25.2 Å². The van der Waals surface area contributed by atoms with E-state index in [2.05, 4.69) is 17.1 Å². The van der Waals surface area contributed by atoms with E-state index in [-0.39, 0.29) is 42.7 Å². The van der Waals surface area contributed by atoms with Crippen molar-refractivity contribution in [2.45, 2.75) is 64.0 Å². The number of piperidine rings is 1. The van der Waals surface area contributed by atoms with Crippen molar-refractivity contribution in [1.29, 1.82) is 0 Å². The van der Waals surface area contributed by atoms with E-state index >= 15 is 0 Å². The van der Waals surface area contributed by atoms with E-state index < -0.39 is 0 Å². The molecule has 23 heavy (non-hydrogen) atoms. The van der Waals surface area contributed by atoms with Crippen LogP contribution in [-0.4, -0.2) is 42.5 Å². The molecule has 4 atom stereocenters. The molecule has 4 nitrogen and oxygen atoms in total. The summed E-state index contributed by atoms with van der Waals surface area (Å²) in [5, 5.41) is 3.31. The zero-order chi connectivity index (χ0) is 14.8. The summed E-state index contributed by atoms with van der Waals surface area (Å²) in [6.45, 7) is 5.72. The van der Waals surface area contributed by atoms with E-state index in [4.69, 9.17) is 5.73 Å². The molecule has 3 fully saturated rings. The van der Waals surface area contributed by atoms with Gasteiger partial charge in [0.05, 0.1) is 5.92 Å². The highest BCUT2D eigenvalue weighted by atomic mass is 35.5. The molecule has 1 aliphatic heterocycles. The molecule has 136 valence electrons. The maximum Gasteiger partial charge on any atom is 0.225 e. The second-order valence-corrected chi connectivity index (χ2v) is 7.41. The van der Waals surface area contributed by atoms with Crippen LogP contribution in [0.25, 0.3) is 0 Å². The second-order valence-electron chi connectivity index (χ2n) is 7.41. The van der Waals surface area contributed by atoms with Crippen LogP contribution in [0.4, 0.5) is 0 Å². The van der Waals surface area contributed by atoms with E-state index in [1.54, 1.807) is 0 Å². The Morgan fingerprint density at radius 3 is 2.35 bits per heavy atom. The Bertz CT molecular complexity index is 373. The normalized spacial score (nSPS) is 33.8. The first-order valence-electron chi connectivity index (χ1n) is 8.97. The van der Waals surface area contributed by atoms with Gasteiger partial charge in [-0.3, -0.25) is 4.79 Å². The first-order chi connectivity index (χ1) is 10.2. The fraction of sp³-hybridized carbons (Fsp3) is 0.941. The Balaban J connectivity index is 0.00000132. The topological polar surface area (TPSA) is 58.4 Å². The number of carbonyl (C=O) groups excluding carboxylic acids is 1. The van der Waals surface area contributed by atoms with Crippen LogP contribution in [0.1, 0.15) is 51.9 Å². The summed E-state index contributed by atoms with van der Waals surface area (Å²) < 4.78 is 0. The molecule has 3 aliphatic rings. The van der Waals surface area contributed by atoms with Crippen LogP contribution in [-0.2, 0) is 4.79 Å². The van der Waals surface area contributed by atoms with E-state index in [1.807, 2.05) is 0 Å². The Labute approximate surface area is 153 Å². The van der Waals surface area contributed by atoms with Gasteiger partial charge in [-0.05, 0) is 56.9 Å². The zero-order valence-electron chi connectivity index (χ0n) is 14.2. The third-order valence-electron chi connectivity index (χ3n) is 6.05. The number of amides is 1. The molecule has 2 aliphatic carbocycles. The molecule has 0 spiro atoms. The number of rotatable bonds is 5. The molecule has 1 heterocycles. The molecule has 6 heteroatoms. The maximum absolute atomic E-state index is 12.6. The third kappa shape index (κ3) is 4.75. The summed E-state index contributed by atoms with van der Waals surface area (Å²) in [6, 6.07) is 0.495. The highest BCUT2D eigenvalue weighted by molar-refractivity contribution is 5.85. The minimum Gasteiger partial charge on any atom is -0.353 e. The maximum atomic E-state index is 12.6. The number of carbonyl (C=O) groups is 1. The quantitative estimate of drug-likeness (QED) is 0.786. The summed E-state index contributed by atoms with van der Waals surface area (Å²) in [7, 11) is 0. The highest BCUT2D eigenvalue weighted by Crippen LogP contribution is 2.47. The zero-order valence-corrected chi connectivity index (χ0v) is 15.8. The predicted octanol–water partition coefficient (Wildman–Crippen LogP) is 2.58. The Kier molecular flexibility index (Phi) is 8.64. The van der Waals surface area contributed by atoms with E-state index in [0.717, 1.165) is 25.9 Å². The molecule has 4 unspecified atom stereocenters. The van der Waals surface area contributed by atoms with Crippen LogP contribution in [0, 0.1) is 17.8 Å². The molecule has 0 radical (unpaired) electrons. The molecular weight excluding hydrogens is 333 g/mol. The average molecular weight is 366 g/mol. The average Bonchev–Trinajstić information content (AvgIpc) is 3.07. The lowest BCUT2D eigenvalue weighted by atomic mass is 9.84. The van der Waals surface area contributed by atoms with Crippen molar-refractivity contribution in [2.75, 3.05) is 19.6 Å². The molecule has 3 N–H and O–H groups in total. The summed E-state index contributed by atoms with van der Waals surface area (Å²) in [6.07, 6.45) is 8.40. The molecule has 1 amide bonds.